The number of aromatic nitrogens is 1. The highest BCUT2D eigenvalue weighted by atomic mass is 15.3. The van der Waals surface area contributed by atoms with Crippen molar-refractivity contribution in [3.05, 3.63) is 215 Å². The molecule has 1 aromatic heterocycles. The van der Waals surface area contributed by atoms with Crippen molar-refractivity contribution < 1.29 is 0 Å². The van der Waals surface area contributed by atoms with E-state index in [4.69, 9.17) is 4.99 Å². The summed E-state index contributed by atoms with van der Waals surface area (Å²) in [6.45, 7) is 2.27. The van der Waals surface area contributed by atoms with E-state index in [1.54, 1.807) is 0 Å². The Bertz CT molecular complexity index is 3130. The Morgan fingerprint density at radius 1 is 0.649 bits per heavy atom. The van der Waals surface area contributed by atoms with Gasteiger partial charge in [0.25, 0.3) is 0 Å². The first-order chi connectivity index (χ1) is 28.2. The first-order valence-corrected chi connectivity index (χ1v) is 20.2. The fourth-order valence-electron chi connectivity index (χ4n) is 10.3. The molecule has 4 aliphatic rings. The summed E-state index contributed by atoms with van der Waals surface area (Å²) in [5.41, 5.74) is 13.9. The van der Waals surface area contributed by atoms with Crippen LogP contribution in [0.2, 0.25) is 0 Å². The third-order valence-corrected chi connectivity index (χ3v) is 12.8. The molecule has 3 unspecified atom stereocenters. The maximum atomic E-state index is 5.71. The lowest BCUT2D eigenvalue weighted by Crippen LogP contribution is -2.37. The summed E-state index contributed by atoms with van der Waals surface area (Å²) in [4.78, 5) is 8.28. The Kier molecular flexibility index (Phi) is 7.12. The van der Waals surface area contributed by atoms with Crippen LogP contribution in [0.25, 0.3) is 55.1 Å². The Balaban J connectivity index is 1.13. The fraction of sp³-hybridized carbons (Fsp3) is 0.113. The van der Waals surface area contributed by atoms with Crippen LogP contribution < -0.4 is 5.32 Å². The summed E-state index contributed by atoms with van der Waals surface area (Å²) in [7, 11) is 0. The Morgan fingerprint density at radius 2 is 1.37 bits per heavy atom. The molecular weight excluding hydrogens is 693 g/mol. The average Bonchev–Trinajstić information content (AvgIpc) is 3.79. The highest BCUT2D eigenvalue weighted by Crippen LogP contribution is 2.55. The van der Waals surface area contributed by atoms with Crippen molar-refractivity contribution >= 4 is 61.0 Å². The van der Waals surface area contributed by atoms with Crippen molar-refractivity contribution in [3.8, 4) is 0 Å². The minimum atomic E-state index is -0.253. The molecular formula is C53H40N4. The molecule has 0 saturated heterocycles. The van der Waals surface area contributed by atoms with Gasteiger partial charge in [0.2, 0.25) is 0 Å². The average molecular weight is 733 g/mol. The van der Waals surface area contributed by atoms with E-state index in [1.165, 1.54) is 77.0 Å². The maximum absolute atomic E-state index is 5.71. The van der Waals surface area contributed by atoms with Gasteiger partial charge in [0.05, 0.1) is 23.2 Å². The van der Waals surface area contributed by atoms with Crippen LogP contribution in [0, 0.1) is 5.92 Å². The van der Waals surface area contributed by atoms with Crippen molar-refractivity contribution in [1.82, 2.24) is 14.8 Å². The molecule has 272 valence electrons. The van der Waals surface area contributed by atoms with Gasteiger partial charge in [0, 0.05) is 44.2 Å². The summed E-state index contributed by atoms with van der Waals surface area (Å²) in [5.74, 6) is 1.10. The number of allylic oxidation sites excluding steroid dienone is 4. The Labute approximate surface area is 332 Å². The van der Waals surface area contributed by atoms with E-state index < -0.39 is 0 Å². The van der Waals surface area contributed by atoms with Gasteiger partial charge in [-0.25, -0.2) is 4.99 Å². The zero-order valence-corrected chi connectivity index (χ0v) is 31.7. The monoisotopic (exact) mass is 732 g/mol. The van der Waals surface area contributed by atoms with Crippen molar-refractivity contribution in [2.75, 3.05) is 0 Å². The summed E-state index contributed by atoms with van der Waals surface area (Å²) in [6.07, 6.45) is 9.00. The summed E-state index contributed by atoms with van der Waals surface area (Å²) in [5, 5.41) is 11.5. The number of amidine groups is 1. The van der Waals surface area contributed by atoms with E-state index in [2.05, 4.69) is 198 Å². The zero-order valence-electron chi connectivity index (χ0n) is 31.7. The number of nitrogens with one attached hydrogen (secondary N) is 1. The van der Waals surface area contributed by atoms with E-state index in [0.717, 1.165) is 35.5 Å². The van der Waals surface area contributed by atoms with Gasteiger partial charge in [-0.2, -0.15) is 0 Å². The van der Waals surface area contributed by atoms with E-state index in [9.17, 15) is 0 Å². The number of benzene rings is 7. The number of fused-ring (bicyclic) bond motifs is 9. The van der Waals surface area contributed by atoms with Crippen LogP contribution in [-0.4, -0.2) is 15.3 Å². The molecule has 8 aromatic rings. The summed E-state index contributed by atoms with van der Waals surface area (Å²) >= 11 is 0. The van der Waals surface area contributed by atoms with E-state index in [0.29, 0.717) is 0 Å². The van der Waals surface area contributed by atoms with Crippen molar-refractivity contribution in [2.24, 2.45) is 10.9 Å². The smallest absolute Gasteiger partial charge is 0.147 e. The van der Waals surface area contributed by atoms with Gasteiger partial charge in [-0.1, -0.05) is 164 Å². The molecule has 7 aromatic carbocycles. The van der Waals surface area contributed by atoms with Crippen LogP contribution in [0.3, 0.4) is 0 Å². The van der Waals surface area contributed by atoms with Crippen molar-refractivity contribution in [1.29, 1.82) is 0 Å². The standard InChI is InChI=1S/C53H40N4/c1-33-49(42-27-15-21-34-16-5-8-22-38(34)42)54-52(36-18-3-2-4-19-36)55-53(33)56-46-29-14-12-26-44(46)48-47(56)32-37-20-7-10-24-40(37)51(48)57-45-28-13-11-25-41(45)43-31-30-35-17-6-9-23-39(35)50(43)57/h2-13,15-28,30-32,48,51-52,54H,14,29H2,1H3. The molecule has 0 spiro atoms. The SMILES string of the molecule is CC1=C(c2cccc3ccccc23)NC(c2ccccc2)N=C1N1C2=Cc3ccccc3C(n3c4ccccc4c4ccc5ccccc5c43)C2C2=C1CCC=C2. The summed E-state index contributed by atoms with van der Waals surface area (Å²) < 4.78 is 2.70. The molecule has 1 N–H and O–H groups in total. The van der Waals surface area contributed by atoms with Gasteiger partial charge in [0.15, 0.2) is 0 Å². The zero-order chi connectivity index (χ0) is 37.6. The highest BCUT2D eigenvalue weighted by Gasteiger charge is 2.47. The predicted octanol–water partition coefficient (Wildman–Crippen LogP) is 12.7. The molecule has 0 bridgehead atoms. The van der Waals surface area contributed by atoms with Gasteiger partial charge in [0.1, 0.15) is 12.0 Å². The normalized spacial score (nSPS) is 20.2. The second kappa shape index (κ2) is 12.6. The van der Waals surface area contributed by atoms with Crippen LogP contribution >= 0.6 is 0 Å². The maximum Gasteiger partial charge on any atom is 0.147 e. The van der Waals surface area contributed by atoms with Gasteiger partial charge in [-0.15, -0.1) is 0 Å². The van der Waals surface area contributed by atoms with Crippen molar-refractivity contribution in [2.45, 2.75) is 32.0 Å². The van der Waals surface area contributed by atoms with Crippen LogP contribution in [0.1, 0.15) is 54.2 Å². The van der Waals surface area contributed by atoms with Gasteiger partial charge >= 0.3 is 0 Å². The molecule has 4 heteroatoms. The number of hydrogen-bond donors (Lipinski definition) is 1. The molecule has 3 atom stereocenters. The van der Waals surface area contributed by atoms with Crippen molar-refractivity contribution in [3.63, 3.8) is 0 Å². The van der Waals surface area contributed by atoms with Crippen LogP contribution in [0.4, 0.5) is 0 Å². The molecule has 0 radical (unpaired) electrons. The highest BCUT2D eigenvalue weighted by molar-refractivity contribution is 6.18. The first-order valence-electron chi connectivity index (χ1n) is 20.2. The van der Waals surface area contributed by atoms with E-state index in [-0.39, 0.29) is 18.1 Å². The Hall–Kier alpha value is -6.91. The third kappa shape index (κ3) is 4.77. The second-order valence-electron chi connectivity index (χ2n) is 15.8. The molecule has 57 heavy (non-hydrogen) atoms. The van der Waals surface area contributed by atoms with E-state index >= 15 is 0 Å². The summed E-state index contributed by atoms with van der Waals surface area (Å²) in [6, 6.07) is 57.7. The van der Waals surface area contributed by atoms with E-state index in [1.807, 2.05) is 0 Å². The van der Waals surface area contributed by atoms with Gasteiger partial charge in [-0.3, -0.25) is 0 Å². The first kappa shape index (κ1) is 32.3. The van der Waals surface area contributed by atoms with Crippen LogP contribution in [0.15, 0.2) is 197 Å². The minimum Gasteiger partial charge on any atom is -0.359 e. The molecule has 12 rings (SSSR count). The largest absolute Gasteiger partial charge is 0.359 e. The number of para-hydroxylation sites is 1. The predicted molar refractivity (Wildman–Crippen MR) is 237 cm³/mol. The molecule has 0 amide bonds. The molecule has 3 heterocycles. The van der Waals surface area contributed by atoms with Gasteiger partial charge < -0.3 is 14.8 Å². The molecule has 2 aliphatic heterocycles. The second-order valence-corrected chi connectivity index (χ2v) is 15.8. The lowest BCUT2D eigenvalue weighted by atomic mass is 9.78. The number of hydrogen-bond acceptors (Lipinski definition) is 3. The third-order valence-electron chi connectivity index (χ3n) is 12.8. The lowest BCUT2D eigenvalue weighted by Gasteiger charge is -2.38. The van der Waals surface area contributed by atoms with Crippen LogP contribution in [-0.2, 0) is 0 Å². The number of nitrogens with zero attached hydrogens (tertiary/aromatic N) is 3. The number of rotatable bonds is 3. The Morgan fingerprint density at radius 3 is 2.25 bits per heavy atom. The fourth-order valence-corrected chi connectivity index (χ4v) is 10.3. The molecule has 2 aliphatic carbocycles. The molecule has 4 nitrogen and oxygen atoms in total. The van der Waals surface area contributed by atoms with Gasteiger partial charge in [-0.05, 0) is 70.3 Å². The quantitative estimate of drug-likeness (QED) is 0.196. The molecule has 0 fully saturated rings. The lowest BCUT2D eigenvalue weighted by molar-refractivity contribution is 0.467. The minimum absolute atomic E-state index is 0.0150. The topological polar surface area (TPSA) is 32.6 Å². The molecule has 0 saturated carbocycles. The van der Waals surface area contributed by atoms with Crippen LogP contribution in [0.5, 0.6) is 0 Å². The number of aliphatic imine (C=N–C) groups is 1.